The van der Waals surface area contributed by atoms with Crippen molar-refractivity contribution in [1.82, 2.24) is 14.9 Å². The minimum absolute atomic E-state index is 0.308. The summed E-state index contributed by atoms with van der Waals surface area (Å²) in [6, 6.07) is 17.7. The third-order valence-corrected chi connectivity index (χ3v) is 5.41. The predicted molar refractivity (Wildman–Crippen MR) is 123 cm³/mol. The van der Waals surface area contributed by atoms with Gasteiger partial charge >= 0.3 is 6.09 Å². The lowest BCUT2D eigenvalue weighted by Gasteiger charge is -2.30. The molecule has 0 fully saturated rings. The first kappa shape index (κ1) is 22.0. The van der Waals surface area contributed by atoms with Crippen molar-refractivity contribution in [3.8, 4) is 11.4 Å². The molecular formula is C26H29N3O3. The molecule has 1 aliphatic rings. The number of benzene rings is 2. The zero-order valence-corrected chi connectivity index (χ0v) is 18.8. The molecule has 0 bridgehead atoms. The van der Waals surface area contributed by atoms with Crippen LogP contribution in [-0.2, 0) is 24.1 Å². The summed E-state index contributed by atoms with van der Waals surface area (Å²) in [5, 5.41) is 10.6. The maximum absolute atomic E-state index is 12.4. The summed E-state index contributed by atoms with van der Waals surface area (Å²) in [4.78, 5) is 23.3. The zero-order valence-electron chi connectivity index (χ0n) is 18.8. The number of nitrogens with zero attached hydrogens (tertiary/aromatic N) is 3. The lowest BCUT2D eigenvalue weighted by Crippen LogP contribution is -2.40. The van der Waals surface area contributed by atoms with Crippen LogP contribution in [0.25, 0.3) is 11.4 Å². The Bertz CT molecular complexity index is 1080. The molecule has 1 N–H and O–H groups in total. The average Bonchev–Trinajstić information content (AvgIpc) is 2.78. The number of fused-ring (bicyclic) bond motifs is 1. The second-order valence-corrected chi connectivity index (χ2v) is 9.14. The van der Waals surface area contributed by atoms with Gasteiger partial charge in [-0.3, -0.25) is 0 Å². The van der Waals surface area contributed by atoms with Gasteiger partial charge in [-0.25, -0.2) is 14.8 Å². The van der Waals surface area contributed by atoms with E-state index in [4.69, 9.17) is 9.72 Å². The van der Waals surface area contributed by atoms with Crippen molar-refractivity contribution in [3.63, 3.8) is 0 Å². The molecule has 0 spiro atoms. The van der Waals surface area contributed by atoms with E-state index in [1.54, 1.807) is 11.1 Å². The molecule has 4 rings (SSSR count). The number of amides is 1. The van der Waals surface area contributed by atoms with Crippen LogP contribution >= 0.6 is 0 Å². The molecule has 1 aromatic heterocycles. The highest BCUT2D eigenvalue weighted by atomic mass is 16.6. The summed E-state index contributed by atoms with van der Waals surface area (Å²) in [5.41, 5.74) is 4.26. The van der Waals surface area contributed by atoms with E-state index in [-0.39, 0.29) is 6.09 Å². The molecule has 0 saturated heterocycles. The third kappa shape index (κ3) is 5.32. The highest BCUT2D eigenvalue weighted by molar-refractivity contribution is 5.68. The number of rotatable bonds is 4. The summed E-state index contributed by atoms with van der Waals surface area (Å²) in [7, 11) is 0. The van der Waals surface area contributed by atoms with E-state index < -0.39 is 11.7 Å². The molecule has 0 radical (unpaired) electrons. The second-order valence-electron chi connectivity index (χ2n) is 9.14. The summed E-state index contributed by atoms with van der Waals surface area (Å²) in [6.45, 7) is 6.62. The van der Waals surface area contributed by atoms with E-state index in [2.05, 4.69) is 4.98 Å². The fraction of sp³-hybridized carbons (Fsp3) is 0.346. The highest BCUT2D eigenvalue weighted by Crippen LogP contribution is 2.25. The van der Waals surface area contributed by atoms with Crippen LogP contribution in [0, 0.1) is 0 Å². The lowest BCUT2D eigenvalue weighted by atomic mass is 10.00. The molecule has 1 atom stereocenters. The summed E-state index contributed by atoms with van der Waals surface area (Å²) in [5.74, 6) is 0.651. The van der Waals surface area contributed by atoms with Crippen molar-refractivity contribution < 1.29 is 14.6 Å². The van der Waals surface area contributed by atoms with Crippen LogP contribution in [0.1, 0.15) is 49.3 Å². The number of hydrogen-bond acceptors (Lipinski definition) is 5. The molecule has 0 aliphatic carbocycles. The molecule has 1 amide bonds. The highest BCUT2D eigenvalue weighted by Gasteiger charge is 2.26. The van der Waals surface area contributed by atoms with Crippen LogP contribution < -0.4 is 0 Å². The number of aliphatic hydroxyl groups is 1. The van der Waals surface area contributed by atoms with Crippen LogP contribution in [0.15, 0.2) is 60.8 Å². The van der Waals surface area contributed by atoms with Gasteiger partial charge in [-0.2, -0.15) is 0 Å². The Morgan fingerprint density at radius 1 is 1.12 bits per heavy atom. The molecule has 1 unspecified atom stereocenters. The van der Waals surface area contributed by atoms with Crippen molar-refractivity contribution in [2.75, 3.05) is 6.54 Å². The maximum Gasteiger partial charge on any atom is 0.410 e. The fourth-order valence-electron chi connectivity index (χ4n) is 3.75. The monoisotopic (exact) mass is 431 g/mol. The van der Waals surface area contributed by atoms with Gasteiger partial charge in [-0.05, 0) is 31.9 Å². The Labute approximate surface area is 188 Å². The number of ether oxygens (including phenoxy) is 1. The Hall–Kier alpha value is -3.25. The lowest BCUT2D eigenvalue weighted by molar-refractivity contribution is 0.0222. The maximum atomic E-state index is 12.4. The smallest absolute Gasteiger partial charge is 0.410 e. The molecule has 2 aromatic carbocycles. The Kier molecular flexibility index (Phi) is 6.24. The van der Waals surface area contributed by atoms with Crippen LogP contribution in [0.2, 0.25) is 0 Å². The number of carbonyl (C=O) groups is 1. The van der Waals surface area contributed by atoms with Crippen LogP contribution in [0.5, 0.6) is 0 Å². The van der Waals surface area contributed by atoms with Crippen LogP contribution in [-0.4, -0.2) is 38.2 Å². The van der Waals surface area contributed by atoms with E-state index in [1.807, 2.05) is 75.4 Å². The van der Waals surface area contributed by atoms with E-state index in [0.717, 1.165) is 27.9 Å². The van der Waals surface area contributed by atoms with Gasteiger partial charge in [0.15, 0.2) is 5.82 Å². The topological polar surface area (TPSA) is 75.5 Å². The normalized spacial score (nSPS) is 14.6. The molecule has 6 nitrogen and oxygen atoms in total. The molecule has 32 heavy (non-hydrogen) atoms. The number of carbonyl (C=O) groups excluding carboxylic acids is 1. The fourth-order valence-corrected chi connectivity index (χ4v) is 3.75. The minimum Gasteiger partial charge on any atom is -0.444 e. The summed E-state index contributed by atoms with van der Waals surface area (Å²) < 4.78 is 5.48. The van der Waals surface area contributed by atoms with Crippen molar-refractivity contribution in [1.29, 1.82) is 0 Å². The van der Waals surface area contributed by atoms with Crippen LogP contribution in [0.4, 0.5) is 4.79 Å². The van der Waals surface area contributed by atoms with Crippen molar-refractivity contribution in [2.24, 2.45) is 0 Å². The molecule has 2 heterocycles. The molecular weight excluding hydrogens is 402 g/mol. The van der Waals surface area contributed by atoms with E-state index in [1.165, 1.54) is 0 Å². The Morgan fingerprint density at radius 3 is 2.53 bits per heavy atom. The zero-order chi connectivity index (χ0) is 22.7. The van der Waals surface area contributed by atoms with Gasteiger partial charge in [0, 0.05) is 36.7 Å². The molecule has 0 saturated carbocycles. The first-order chi connectivity index (χ1) is 15.3. The Morgan fingerprint density at radius 2 is 1.84 bits per heavy atom. The van der Waals surface area contributed by atoms with Crippen molar-refractivity contribution in [2.45, 2.75) is 51.9 Å². The molecule has 3 aromatic rings. The van der Waals surface area contributed by atoms with Gasteiger partial charge in [0.25, 0.3) is 0 Å². The first-order valence-electron chi connectivity index (χ1n) is 10.9. The Balaban J connectivity index is 1.44. The van der Waals surface area contributed by atoms with E-state index in [0.29, 0.717) is 31.8 Å². The molecule has 166 valence electrons. The van der Waals surface area contributed by atoms with Gasteiger partial charge < -0.3 is 14.7 Å². The van der Waals surface area contributed by atoms with Crippen LogP contribution in [0.3, 0.4) is 0 Å². The van der Waals surface area contributed by atoms with Crippen molar-refractivity contribution >= 4 is 6.09 Å². The van der Waals surface area contributed by atoms with E-state index in [9.17, 15) is 9.90 Å². The summed E-state index contributed by atoms with van der Waals surface area (Å²) in [6.07, 6.45) is 2.17. The second kappa shape index (κ2) is 9.09. The van der Waals surface area contributed by atoms with Gasteiger partial charge in [-0.1, -0.05) is 54.6 Å². The summed E-state index contributed by atoms with van der Waals surface area (Å²) >= 11 is 0. The third-order valence-electron chi connectivity index (χ3n) is 5.41. The predicted octanol–water partition coefficient (Wildman–Crippen LogP) is 4.71. The molecule has 6 heteroatoms. The van der Waals surface area contributed by atoms with Gasteiger partial charge in [0.2, 0.25) is 0 Å². The first-order valence-corrected chi connectivity index (χ1v) is 10.9. The van der Waals surface area contributed by atoms with Gasteiger partial charge in [0.1, 0.15) is 5.60 Å². The minimum atomic E-state index is -0.560. The standard InChI is InChI=1S/C26H29N3O3/c1-26(2,3)32-25(31)29-14-13-22-21(17-29)16-27-24(28-22)20-11-9-19(10-12-20)23(30)15-18-7-5-4-6-8-18/h4-12,16,23,30H,13-15,17H2,1-3H3. The van der Waals surface area contributed by atoms with Crippen molar-refractivity contribution in [3.05, 3.63) is 83.2 Å². The number of aromatic nitrogens is 2. The number of hydrogen-bond donors (Lipinski definition) is 1. The number of aliphatic hydroxyl groups excluding tert-OH is 1. The largest absolute Gasteiger partial charge is 0.444 e. The van der Waals surface area contributed by atoms with Gasteiger partial charge in [-0.15, -0.1) is 0 Å². The SMILES string of the molecule is CC(C)(C)OC(=O)N1CCc2nc(-c3ccc(C(O)Cc4ccccc4)cc3)ncc2C1. The van der Waals surface area contributed by atoms with E-state index >= 15 is 0 Å². The average molecular weight is 432 g/mol. The quantitative estimate of drug-likeness (QED) is 0.647. The molecule has 1 aliphatic heterocycles. The van der Waals surface area contributed by atoms with Gasteiger partial charge in [0.05, 0.1) is 18.3 Å².